The highest BCUT2D eigenvalue weighted by molar-refractivity contribution is 5.92. The van der Waals surface area contributed by atoms with Crippen LogP contribution < -0.4 is 5.73 Å². The van der Waals surface area contributed by atoms with Crippen molar-refractivity contribution in [2.45, 2.75) is 12.5 Å². The van der Waals surface area contributed by atoms with Crippen LogP contribution in [0.25, 0.3) is 0 Å². The van der Waals surface area contributed by atoms with Crippen molar-refractivity contribution in [1.82, 2.24) is 0 Å². The minimum absolute atomic E-state index is 0.0648. The number of fused-ring (bicyclic) bond motifs is 2. The first-order valence-electron chi connectivity index (χ1n) is 3.26. The Hall–Kier alpha value is -0.630. The normalized spacial score (nSPS) is 46.8. The summed E-state index contributed by atoms with van der Waals surface area (Å²) in [5.41, 5.74) is 5.64. The third kappa shape index (κ3) is 0.512. The van der Waals surface area contributed by atoms with Gasteiger partial charge in [0.15, 0.2) is 0 Å². The molecule has 0 aromatic rings. The Bertz CT molecular complexity index is 185. The van der Waals surface area contributed by atoms with Gasteiger partial charge in [-0.25, -0.2) is 0 Å². The zero-order chi connectivity index (χ0) is 6.43. The molecule has 0 aromatic heterocycles. The SMILES string of the molecule is NC1CC2C=CC1C2=O. The lowest BCUT2D eigenvalue weighted by Crippen LogP contribution is -2.25. The Morgan fingerprint density at radius 3 is 2.56 bits per heavy atom. The molecule has 2 heteroatoms. The second-order valence-corrected chi connectivity index (χ2v) is 2.82. The first-order chi connectivity index (χ1) is 4.29. The number of hydrogen-bond acceptors (Lipinski definition) is 2. The number of hydrogen-bond donors (Lipinski definition) is 1. The van der Waals surface area contributed by atoms with Crippen molar-refractivity contribution < 1.29 is 4.79 Å². The highest BCUT2D eigenvalue weighted by Crippen LogP contribution is 2.34. The molecule has 2 nitrogen and oxygen atoms in total. The van der Waals surface area contributed by atoms with Crippen LogP contribution in [0.5, 0.6) is 0 Å². The van der Waals surface area contributed by atoms with E-state index in [0.717, 1.165) is 6.42 Å². The monoisotopic (exact) mass is 123 g/mol. The second kappa shape index (κ2) is 1.45. The van der Waals surface area contributed by atoms with Gasteiger partial charge in [0, 0.05) is 12.0 Å². The minimum Gasteiger partial charge on any atom is -0.327 e. The molecule has 2 rings (SSSR count). The summed E-state index contributed by atoms with van der Waals surface area (Å²) in [6, 6.07) is 0.118. The minimum atomic E-state index is 0.0648. The van der Waals surface area contributed by atoms with Crippen molar-refractivity contribution in [1.29, 1.82) is 0 Å². The van der Waals surface area contributed by atoms with Gasteiger partial charge in [-0.2, -0.15) is 0 Å². The Kier molecular flexibility index (Phi) is 0.833. The number of carbonyl (C=O) groups is 1. The molecule has 2 aliphatic carbocycles. The molecule has 9 heavy (non-hydrogen) atoms. The summed E-state index contributed by atoms with van der Waals surface area (Å²) in [5.74, 6) is 0.572. The average Bonchev–Trinajstić information content (AvgIpc) is 2.25. The van der Waals surface area contributed by atoms with Crippen LogP contribution in [0.3, 0.4) is 0 Å². The zero-order valence-corrected chi connectivity index (χ0v) is 5.08. The van der Waals surface area contributed by atoms with E-state index < -0.39 is 0 Å². The molecular weight excluding hydrogens is 114 g/mol. The van der Waals surface area contributed by atoms with E-state index in [1.807, 2.05) is 12.2 Å². The van der Waals surface area contributed by atoms with Crippen LogP contribution in [-0.4, -0.2) is 11.8 Å². The van der Waals surface area contributed by atoms with E-state index in [1.54, 1.807) is 0 Å². The molecule has 2 bridgehead atoms. The number of carbonyl (C=O) groups excluding carboxylic acids is 1. The Morgan fingerprint density at radius 2 is 2.33 bits per heavy atom. The smallest absolute Gasteiger partial charge is 0.148 e. The van der Waals surface area contributed by atoms with E-state index in [2.05, 4.69) is 0 Å². The summed E-state index contributed by atoms with van der Waals surface area (Å²) in [5, 5.41) is 0. The molecule has 0 spiro atoms. The number of allylic oxidation sites excluding steroid dienone is 1. The van der Waals surface area contributed by atoms with Gasteiger partial charge in [-0.1, -0.05) is 12.2 Å². The fraction of sp³-hybridized carbons (Fsp3) is 0.571. The lowest BCUT2D eigenvalue weighted by atomic mass is 10.0. The maximum atomic E-state index is 11.0. The number of Topliss-reactive ketones (excluding diaryl/α,β-unsaturated/α-hetero) is 1. The Balaban J connectivity index is 2.36. The molecule has 2 N–H and O–H groups in total. The maximum Gasteiger partial charge on any atom is 0.148 e. The topological polar surface area (TPSA) is 43.1 Å². The van der Waals surface area contributed by atoms with Crippen molar-refractivity contribution in [3.63, 3.8) is 0 Å². The van der Waals surface area contributed by atoms with E-state index >= 15 is 0 Å². The molecule has 0 aromatic carbocycles. The molecule has 2 aliphatic rings. The molecule has 1 fully saturated rings. The van der Waals surface area contributed by atoms with Crippen LogP contribution in [-0.2, 0) is 4.79 Å². The molecule has 1 saturated carbocycles. The van der Waals surface area contributed by atoms with E-state index in [-0.39, 0.29) is 17.9 Å². The van der Waals surface area contributed by atoms with E-state index in [1.165, 1.54) is 0 Å². The Morgan fingerprint density at radius 1 is 1.56 bits per heavy atom. The highest BCUT2D eigenvalue weighted by Gasteiger charge is 2.41. The molecule has 0 amide bonds. The van der Waals surface area contributed by atoms with Crippen molar-refractivity contribution >= 4 is 5.78 Å². The van der Waals surface area contributed by atoms with Crippen LogP contribution in [0.15, 0.2) is 12.2 Å². The third-order valence-electron chi connectivity index (χ3n) is 2.23. The molecule has 0 aliphatic heterocycles. The molecule has 0 saturated heterocycles. The summed E-state index contributed by atoms with van der Waals surface area (Å²) >= 11 is 0. The largest absolute Gasteiger partial charge is 0.327 e. The number of ketones is 1. The van der Waals surface area contributed by atoms with Crippen molar-refractivity contribution in [2.75, 3.05) is 0 Å². The first kappa shape index (κ1) is 5.18. The van der Waals surface area contributed by atoms with Gasteiger partial charge in [-0.15, -0.1) is 0 Å². The van der Waals surface area contributed by atoms with Crippen LogP contribution in [0.2, 0.25) is 0 Å². The highest BCUT2D eigenvalue weighted by atomic mass is 16.1. The summed E-state index contributed by atoms with van der Waals surface area (Å²) < 4.78 is 0. The van der Waals surface area contributed by atoms with Gasteiger partial charge in [-0.05, 0) is 6.42 Å². The molecule has 3 atom stereocenters. The van der Waals surface area contributed by atoms with Gasteiger partial charge in [0.05, 0.1) is 5.92 Å². The van der Waals surface area contributed by atoms with Crippen LogP contribution in [0.1, 0.15) is 6.42 Å². The van der Waals surface area contributed by atoms with Gasteiger partial charge in [-0.3, -0.25) is 4.79 Å². The fourth-order valence-corrected chi connectivity index (χ4v) is 1.68. The predicted molar refractivity (Wildman–Crippen MR) is 33.7 cm³/mol. The molecule has 0 radical (unpaired) electrons. The van der Waals surface area contributed by atoms with Gasteiger partial charge in [0.25, 0.3) is 0 Å². The van der Waals surface area contributed by atoms with Crippen LogP contribution in [0.4, 0.5) is 0 Å². The van der Waals surface area contributed by atoms with Crippen molar-refractivity contribution in [2.24, 2.45) is 17.6 Å². The van der Waals surface area contributed by atoms with Crippen molar-refractivity contribution in [3.05, 3.63) is 12.2 Å². The quantitative estimate of drug-likeness (QED) is 0.464. The fourth-order valence-electron chi connectivity index (χ4n) is 1.68. The van der Waals surface area contributed by atoms with Gasteiger partial charge < -0.3 is 5.73 Å². The van der Waals surface area contributed by atoms with Crippen LogP contribution >= 0.6 is 0 Å². The standard InChI is InChI=1S/C7H9NO/c8-6-3-4-1-2-5(6)7(4)9/h1-2,4-6H,3,8H2. The number of nitrogens with two attached hydrogens (primary N) is 1. The molecule has 48 valence electrons. The lowest BCUT2D eigenvalue weighted by molar-refractivity contribution is -0.120. The van der Waals surface area contributed by atoms with Crippen LogP contribution in [0, 0.1) is 11.8 Å². The first-order valence-corrected chi connectivity index (χ1v) is 3.26. The van der Waals surface area contributed by atoms with E-state index in [4.69, 9.17) is 5.73 Å². The maximum absolute atomic E-state index is 11.0. The van der Waals surface area contributed by atoms with Gasteiger partial charge in [0.2, 0.25) is 0 Å². The van der Waals surface area contributed by atoms with Gasteiger partial charge in [0.1, 0.15) is 5.78 Å². The van der Waals surface area contributed by atoms with Crippen molar-refractivity contribution in [3.8, 4) is 0 Å². The zero-order valence-electron chi connectivity index (χ0n) is 5.08. The van der Waals surface area contributed by atoms with Gasteiger partial charge >= 0.3 is 0 Å². The molecular formula is C7H9NO. The average molecular weight is 123 g/mol. The Labute approximate surface area is 53.7 Å². The summed E-state index contributed by atoms with van der Waals surface area (Å²) in [7, 11) is 0. The number of rotatable bonds is 0. The lowest BCUT2D eigenvalue weighted by Gasteiger charge is -2.08. The third-order valence-corrected chi connectivity index (χ3v) is 2.23. The predicted octanol–water partition coefficient (Wildman–Crippen LogP) is 0.0887. The summed E-state index contributed by atoms with van der Waals surface area (Å²) in [4.78, 5) is 11.0. The second-order valence-electron chi connectivity index (χ2n) is 2.82. The van der Waals surface area contributed by atoms with E-state index in [9.17, 15) is 4.79 Å². The molecule has 0 heterocycles. The summed E-state index contributed by atoms with van der Waals surface area (Å²) in [6.45, 7) is 0. The van der Waals surface area contributed by atoms with E-state index in [0.29, 0.717) is 5.78 Å². The summed E-state index contributed by atoms with van der Waals surface area (Å²) in [6.07, 6.45) is 4.80. The molecule has 3 unspecified atom stereocenters.